The third-order valence-corrected chi connectivity index (χ3v) is 4.43. The van der Waals surface area contributed by atoms with E-state index in [9.17, 15) is 9.59 Å². The minimum atomic E-state index is -0.241. The first kappa shape index (κ1) is 18.4. The van der Waals surface area contributed by atoms with Crippen LogP contribution in [0.25, 0.3) is 11.0 Å². The summed E-state index contributed by atoms with van der Waals surface area (Å²) in [5.74, 6) is 0.955. The number of benzene rings is 2. The molecule has 3 rings (SSSR count). The van der Waals surface area contributed by atoms with E-state index in [1.165, 1.54) is 4.57 Å². The Bertz CT molecular complexity index is 1070. The van der Waals surface area contributed by atoms with Gasteiger partial charge in [0, 0.05) is 24.7 Å². The summed E-state index contributed by atoms with van der Waals surface area (Å²) in [5.41, 5.74) is 2.79. The lowest BCUT2D eigenvalue weighted by Crippen LogP contribution is -2.24. The number of fused-ring (bicyclic) bond motifs is 1. The van der Waals surface area contributed by atoms with E-state index in [2.05, 4.69) is 10.3 Å². The summed E-state index contributed by atoms with van der Waals surface area (Å²) < 4.78 is 12.2. The van der Waals surface area contributed by atoms with E-state index in [1.807, 2.05) is 12.1 Å². The molecule has 1 N–H and O–H groups in total. The molecule has 0 spiro atoms. The van der Waals surface area contributed by atoms with Crippen LogP contribution >= 0.6 is 0 Å². The first-order chi connectivity index (χ1) is 13.0. The number of aryl methyl sites for hydroxylation is 2. The smallest absolute Gasteiger partial charge is 0.272 e. The predicted molar refractivity (Wildman–Crippen MR) is 102 cm³/mol. The van der Waals surface area contributed by atoms with Gasteiger partial charge in [-0.25, -0.2) is 4.98 Å². The average molecular weight is 367 g/mol. The number of nitrogens with zero attached hydrogens (tertiary/aromatic N) is 2. The van der Waals surface area contributed by atoms with Gasteiger partial charge in [-0.15, -0.1) is 0 Å². The molecular formula is C20H21N3O4. The molecule has 3 aromatic rings. The number of nitrogens with one attached hydrogen (secondary N) is 1. The molecule has 0 radical (unpaired) electrons. The molecule has 1 heterocycles. The fourth-order valence-corrected chi connectivity index (χ4v) is 2.99. The minimum absolute atomic E-state index is 0.148. The third-order valence-electron chi connectivity index (χ3n) is 4.43. The van der Waals surface area contributed by atoms with Crippen LogP contribution in [0.1, 0.15) is 21.6 Å². The van der Waals surface area contributed by atoms with Crippen LogP contribution in [0.15, 0.2) is 41.2 Å². The highest BCUT2D eigenvalue weighted by atomic mass is 16.5. The second kappa shape index (κ2) is 7.49. The summed E-state index contributed by atoms with van der Waals surface area (Å²) in [6, 6.07) is 10.6. The topological polar surface area (TPSA) is 82.5 Å². The first-order valence-electron chi connectivity index (χ1n) is 8.41. The van der Waals surface area contributed by atoms with E-state index in [0.717, 1.165) is 5.56 Å². The zero-order chi connectivity index (χ0) is 19.6. The van der Waals surface area contributed by atoms with Crippen molar-refractivity contribution < 1.29 is 14.3 Å². The molecule has 0 saturated carbocycles. The molecular weight excluding hydrogens is 346 g/mol. The molecule has 0 bridgehead atoms. The van der Waals surface area contributed by atoms with Crippen molar-refractivity contribution in [2.75, 3.05) is 14.2 Å². The Morgan fingerprint density at radius 2 is 1.96 bits per heavy atom. The van der Waals surface area contributed by atoms with E-state index in [-0.39, 0.29) is 18.0 Å². The zero-order valence-electron chi connectivity index (χ0n) is 15.7. The number of carbonyl (C=O) groups is 1. The molecule has 0 aliphatic heterocycles. The summed E-state index contributed by atoms with van der Waals surface area (Å²) >= 11 is 0. The standard InChI is InChI=1S/C20H21N3O4/c1-12-20(25)23(2)16-9-8-13(10-15(16)22-12)19(24)21-11-14-6-5-7-17(26-3)18(14)27-4/h5-10H,11H2,1-4H3,(H,21,24). The monoisotopic (exact) mass is 367 g/mol. The molecule has 1 amide bonds. The van der Waals surface area contributed by atoms with Gasteiger partial charge in [0.2, 0.25) is 0 Å². The van der Waals surface area contributed by atoms with Crippen LogP contribution in [0, 0.1) is 6.92 Å². The molecule has 7 heteroatoms. The Hall–Kier alpha value is -3.35. The van der Waals surface area contributed by atoms with Crippen LogP contribution in [-0.4, -0.2) is 29.7 Å². The summed E-state index contributed by atoms with van der Waals surface area (Å²) in [7, 11) is 4.82. The SMILES string of the molecule is COc1cccc(CNC(=O)c2ccc3c(c2)nc(C)c(=O)n3C)c1OC. The van der Waals surface area contributed by atoms with E-state index in [0.29, 0.717) is 33.8 Å². The summed E-state index contributed by atoms with van der Waals surface area (Å²) in [6.07, 6.45) is 0. The van der Waals surface area contributed by atoms with Gasteiger partial charge in [0.25, 0.3) is 11.5 Å². The number of amides is 1. The average Bonchev–Trinajstić information content (AvgIpc) is 2.69. The molecule has 7 nitrogen and oxygen atoms in total. The lowest BCUT2D eigenvalue weighted by molar-refractivity contribution is 0.0950. The molecule has 1 aromatic heterocycles. The van der Waals surface area contributed by atoms with Gasteiger partial charge in [0.05, 0.1) is 25.3 Å². The van der Waals surface area contributed by atoms with E-state index in [4.69, 9.17) is 9.47 Å². The first-order valence-corrected chi connectivity index (χ1v) is 8.41. The van der Waals surface area contributed by atoms with E-state index < -0.39 is 0 Å². The van der Waals surface area contributed by atoms with Gasteiger partial charge in [-0.3, -0.25) is 9.59 Å². The highest BCUT2D eigenvalue weighted by molar-refractivity contribution is 5.97. The van der Waals surface area contributed by atoms with Crippen molar-refractivity contribution in [2.24, 2.45) is 7.05 Å². The number of aromatic nitrogens is 2. The Labute approximate surface area is 156 Å². The number of hydrogen-bond acceptors (Lipinski definition) is 5. The van der Waals surface area contributed by atoms with Gasteiger partial charge in [-0.1, -0.05) is 12.1 Å². The number of carbonyl (C=O) groups excluding carboxylic acids is 1. The van der Waals surface area contributed by atoms with E-state index in [1.54, 1.807) is 52.5 Å². The molecule has 0 aliphatic rings. The predicted octanol–water partition coefficient (Wildman–Crippen LogP) is 2.19. The quantitative estimate of drug-likeness (QED) is 0.747. The van der Waals surface area contributed by atoms with Crippen molar-refractivity contribution in [1.82, 2.24) is 14.9 Å². The van der Waals surface area contributed by atoms with Gasteiger partial charge in [0.1, 0.15) is 5.69 Å². The van der Waals surface area contributed by atoms with Crippen molar-refractivity contribution in [2.45, 2.75) is 13.5 Å². The molecule has 27 heavy (non-hydrogen) atoms. The van der Waals surface area contributed by atoms with Crippen LogP contribution in [-0.2, 0) is 13.6 Å². The lowest BCUT2D eigenvalue weighted by Gasteiger charge is -2.13. The highest BCUT2D eigenvalue weighted by Gasteiger charge is 2.13. The van der Waals surface area contributed by atoms with Gasteiger partial charge in [0.15, 0.2) is 11.5 Å². The van der Waals surface area contributed by atoms with Crippen LogP contribution in [0.4, 0.5) is 0 Å². The molecule has 0 atom stereocenters. The molecule has 2 aromatic carbocycles. The Morgan fingerprint density at radius 1 is 1.19 bits per heavy atom. The summed E-state index contributed by atoms with van der Waals surface area (Å²) in [4.78, 5) is 28.8. The Balaban J connectivity index is 1.85. The maximum atomic E-state index is 12.6. The lowest BCUT2D eigenvalue weighted by atomic mass is 10.1. The molecule has 0 unspecified atom stereocenters. The summed E-state index contributed by atoms with van der Waals surface area (Å²) in [6.45, 7) is 1.95. The Morgan fingerprint density at radius 3 is 2.67 bits per heavy atom. The maximum absolute atomic E-state index is 12.6. The fraction of sp³-hybridized carbons (Fsp3) is 0.250. The summed E-state index contributed by atoms with van der Waals surface area (Å²) in [5, 5.41) is 2.88. The number of rotatable bonds is 5. The Kier molecular flexibility index (Phi) is 5.12. The number of methoxy groups -OCH3 is 2. The van der Waals surface area contributed by atoms with E-state index >= 15 is 0 Å². The van der Waals surface area contributed by atoms with Gasteiger partial charge in [-0.05, 0) is 31.2 Å². The molecule has 140 valence electrons. The molecule has 0 aliphatic carbocycles. The van der Waals surface area contributed by atoms with Crippen molar-refractivity contribution >= 4 is 16.9 Å². The van der Waals surface area contributed by atoms with Crippen LogP contribution in [0.5, 0.6) is 11.5 Å². The molecule has 0 saturated heterocycles. The van der Waals surface area contributed by atoms with Crippen LogP contribution in [0.2, 0.25) is 0 Å². The number of ether oxygens (including phenoxy) is 2. The molecule has 0 fully saturated rings. The number of para-hydroxylation sites is 1. The maximum Gasteiger partial charge on any atom is 0.272 e. The second-order valence-electron chi connectivity index (χ2n) is 6.10. The van der Waals surface area contributed by atoms with Gasteiger partial charge in [-0.2, -0.15) is 0 Å². The van der Waals surface area contributed by atoms with Crippen molar-refractivity contribution in [3.63, 3.8) is 0 Å². The van der Waals surface area contributed by atoms with Gasteiger partial charge >= 0.3 is 0 Å². The van der Waals surface area contributed by atoms with Crippen molar-refractivity contribution in [3.05, 3.63) is 63.6 Å². The fourth-order valence-electron chi connectivity index (χ4n) is 2.99. The third kappa shape index (κ3) is 3.48. The van der Waals surface area contributed by atoms with Crippen molar-refractivity contribution in [1.29, 1.82) is 0 Å². The second-order valence-corrected chi connectivity index (χ2v) is 6.10. The largest absolute Gasteiger partial charge is 0.493 e. The van der Waals surface area contributed by atoms with Crippen LogP contribution < -0.4 is 20.3 Å². The number of hydrogen-bond donors (Lipinski definition) is 1. The highest BCUT2D eigenvalue weighted by Crippen LogP contribution is 2.30. The zero-order valence-corrected chi connectivity index (χ0v) is 15.7. The van der Waals surface area contributed by atoms with Gasteiger partial charge < -0.3 is 19.4 Å². The van der Waals surface area contributed by atoms with Crippen molar-refractivity contribution in [3.8, 4) is 11.5 Å². The minimum Gasteiger partial charge on any atom is -0.493 e. The van der Waals surface area contributed by atoms with Crippen LogP contribution in [0.3, 0.4) is 0 Å². The normalized spacial score (nSPS) is 10.7.